The van der Waals surface area contributed by atoms with E-state index in [0.29, 0.717) is 17.0 Å². The maximum atomic E-state index is 6.03. The predicted octanol–water partition coefficient (Wildman–Crippen LogP) is 3.10. The summed E-state index contributed by atoms with van der Waals surface area (Å²) in [6.45, 7) is 8.14. The molecule has 0 aliphatic carbocycles. The summed E-state index contributed by atoms with van der Waals surface area (Å²) < 4.78 is 5.82. The Morgan fingerprint density at radius 2 is 2.33 bits per heavy atom. The zero-order valence-electron chi connectivity index (χ0n) is 12.4. The molecule has 1 aliphatic rings. The number of rotatable bonds is 3. The van der Waals surface area contributed by atoms with E-state index in [-0.39, 0.29) is 0 Å². The number of hydrogen-bond acceptors (Lipinski definition) is 4. The Kier molecular flexibility index (Phi) is 4.29. The van der Waals surface area contributed by atoms with Gasteiger partial charge in [0.2, 0.25) is 5.89 Å². The van der Waals surface area contributed by atoms with Gasteiger partial charge in [0.25, 0.3) is 0 Å². The molecule has 1 fully saturated rings. The first-order valence-corrected chi connectivity index (χ1v) is 7.68. The molecule has 1 N–H and O–H groups in total. The van der Waals surface area contributed by atoms with Gasteiger partial charge in [0.15, 0.2) is 0 Å². The average Bonchev–Trinajstić information content (AvgIpc) is 2.83. The van der Waals surface area contributed by atoms with Crippen LogP contribution in [0.3, 0.4) is 0 Å². The molecule has 3 rings (SSSR count). The number of oxazole rings is 1. The van der Waals surface area contributed by atoms with Gasteiger partial charge >= 0.3 is 0 Å². The van der Waals surface area contributed by atoms with Crippen LogP contribution in [0.15, 0.2) is 28.7 Å². The van der Waals surface area contributed by atoms with Crippen molar-refractivity contribution in [2.45, 2.75) is 26.4 Å². The summed E-state index contributed by atoms with van der Waals surface area (Å²) in [5.74, 6) is 1.53. The van der Waals surface area contributed by atoms with Gasteiger partial charge in [-0.1, -0.05) is 17.7 Å². The zero-order chi connectivity index (χ0) is 14.8. The summed E-state index contributed by atoms with van der Waals surface area (Å²) in [6, 6.07) is 8.13. The van der Waals surface area contributed by atoms with Crippen molar-refractivity contribution >= 4 is 11.6 Å². The molecular weight excluding hydrogens is 286 g/mol. The fourth-order valence-corrected chi connectivity index (χ4v) is 2.82. The fraction of sp³-hybridized carbons (Fsp3) is 0.438. The molecule has 0 amide bonds. The molecule has 4 nitrogen and oxygen atoms in total. The van der Waals surface area contributed by atoms with E-state index in [2.05, 4.69) is 22.1 Å². The van der Waals surface area contributed by atoms with Crippen LogP contribution in [-0.2, 0) is 6.54 Å². The lowest BCUT2D eigenvalue weighted by Gasteiger charge is -2.33. The van der Waals surface area contributed by atoms with E-state index in [1.165, 1.54) is 0 Å². The number of nitrogens with one attached hydrogen (secondary N) is 1. The van der Waals surface area contributed by atoms with Gasteiger partial charge in [-0.05, 0) is 32.0 Å². The third-order valence-corrected chi connectivity index (χ3v) is 4.19. The molecule has 21 heavy (non-hydrogen) atoms. The molecule has 2 aromatic rings. The molecule has 2 heterocycles. The summed E-state index contributed by atoms with van der Waals surface area (Å²) >= 11 is 6.03. The predicted molar refractivity (Wildman–Crippen MR) is 84.4 cm³/mol. The van der Waals surface area contributed by atoms with Crippen molar-refractivity contribution in [2.24, 2.45) is 0 Å². The van der Waals surface area contributed by atoms with E-state index in [1.54, 1.807) is 0 Å². The SMILES string of the molecule is Cc1oc(-c2cccc(Cl)c2)nc1CN1CCNC[C@H]1C. The second-order valence-corrected chi connectivity index (χ2v) is 5.99. The Labute approximate surface area is 130 Å². The lowest BCUT2D eigenvalue weighted by molar-refractivity contribution is 0.163. The Morgan fingerprint density at radius 1 is 1.48 bits per heavy atom. The minimum Gasteiger partial charge on any atom is -0.441 e. The Bertz CT molecular complexity index is 626. The summed E-state index contributed by atoms with van der Waals surface area (Å²) in [5, 5.41) is 4.10. The highest BCUT2D eigenvalue weighted by atomic mass is 35.5. The van der Waals surface area contributed by atoms with Crippen LogP contribution in [0.4, 0.5) is 0 Å². The molecule has 0 unspecified atom stereocenters. The molecule has 112 valence electrons. The van der Waals surface area contributed by atoms with E-state index >= 15 is 0 Å². The van der Waals surface area contributed by atoms with Crippen LogP contribution in [0.25, 0.3) is 11.5 Å². The molecular formula is C16H20ClN3O. The smallest absolute Gasteiger partial charge is 0.226 e. The zero-order valence-corrected chi connectivity index (χ0v) is 13.2. The van der Waals surface area contributed by atoms with Crippen molar-refractivity contribution in [1.29, 1.82) is 0 Å². The van der Waals surface area contributed by atoms with Crippen LogP contribution >= 0.6 is 11.6 Å². The monoisotopic (exact) mass is 305 g/mol. The molecule has 5 heteroatoms. The second-order valence-electron chi connectivity index (χ2n) is 5.56. The van der Waals surface area contributed by atoms with Crippen molar-refractivity contribution < 1.29 is 4.42 Å². The van der Waals surface area contributed by atoms with Gasteiger partial charge in [0.1, 0.15) is 5.76 Å². The van der Waals surface area contributed by atoms with E-state index in [9.17, 15) is 0 Å². The van der Waals surface area contributed by atoms with Gasteiger partial charge in [-0.3, -0.25) is 4.90 Å². The molecule has 1 aromatic heterocycles. The van der Waals surface area contributed by atoms with Crippen LogP contribution in [-0.4, -0.2) is 35.6 Å². The number of aryl methyl sites for hydroxylation is 1. The van der Waals surface area contributed by atoms with Gasteiger partial charge in [0.05, 0.1) is 5.69 Å². The van der Waals surface area contributed by atoms with Crippen LogP contribution in [0.5, 0.6) is 0 Å². The molecule has 0 saturated carbocycles. The minimum atomic E-state index is 0.518. The largest absolute Gasteiger partial charge is 0.441 e. The number of nitrogens with zero attached hydrogens (tertiary/aromatic N) is 2. The van der Waals surface area contributed by atoms with E-state index < -0.39 is 0 Å². The first-order valence-electron chi connectivity index (χ1n) is 7.30. The summed E-state index contributed by atoms with van der Waals surface area (Å²) in [5.41, 5.74) is 1.93. The fourth-order valence-electron chi connectivity index (χ4n) is 2.63. The van der Waals surface area contributed by atoms with Gasteiger partial charge < -0.3 is 9.73 Å². The summed E-state index contributed by atoms with van der Waals surface area (Å²) in [7, 11) is 0. The molecule has 0 radical (unpaired) electrons. The summed E-state index contributed by atoms with van der Waals surface area (Å²) in [6.07, 6.45) is 0. The lowest BCUT2D eigenvalue weighted by Crippen LogP contribution is -2.49. The van der Waals surface area contributed by atoms with Crippen molar-refractivity contribution in [3.05, 3.63) is 40.7 Å². The lowest BCUT2D eigenvalue weighted by atomic mass is 10.2. The molecule has 1 saturated heterocycles. The first-order chi connectivity index (χ1) is 10.1. The number of piperazine rings is 1. The van der Waals surface area contributed by atoms with Gasteiger partial charge in [-0.25, -0.2) is 4.98 Å². The number of halogens is 1. The quantitative estimate of drug-likeness (QED) is 0.946. The third-order valence-electron chi connectivity index (χ3n) is 3.96. The topological polar surface area (TPSA) is 41.3 Å². The normalized spacial score (nSPS) is 19.9. The number of hydrogen-bond donors (Lipinski definition) is 1. The molecule has 0 spiro atoms. The highest BCUT2D eigenvalue weighted by Crippen LogP contribution is 2.25. The molecule has 0 bridgehead atoms. The van der Waals surface area contributed by atoms with E-state index in [1.807, 2.05) is 31.2 Å². The standard InChI is InChI=1S/C16H20ClN3O/c1-11-9-18-6-7-20(11)10-15-12(2)21-16(19-15)13-4-3-5-14(17)8-13/h3-5,8,11,18H,6-7,9-10H2,1-2H3/t11-/m1/s1. The number of aromatic nitrogens is 1. The minimum absolute atomic E-state index is 0.518. The highest BCUT2D eigenvalue weighted by Gasteiger charge is 2.21. The van der Waals surface area contributed by atoms with Crippen molar-refractivity contribution in [2.75, 3.05) is 19.6 Å². The maximum Gasteiger partial charge on any atom is 0.226 e. The van der Waals surface area contributed by atoms with E-state index in [4.69, 9.17) is 16.0 Å². The molecule has 1 atom stereocenters. The van der Waals surface area contributed by atoms with Gasteiger partial charge in [0, 0.05) is 42.8 Å². The highest BCUT2D eigenvalue weighted by molar-refractivity contribution is 6.30. The Balaban J connectivity index is 1.81. The van der Waals surface area contributed by atoms with Crippen LogP contribution < -0.4 is 5.32 Å². The van der Waals surface area contributed by atoms with Gasteiger partial charge in [-0.2, -0.15) is 0 Å². The van der Waals surface area contributed by atoms with Crippen LogP contribution in [0.1, 0.15) is 18.4 Å². The third kappa shape index (κ3) is 3.28. The van der Waals surface area contributed by atoms with Crippen LogP contribution in [0, 0.1) is 6.92 Å². The average molecular weight is 306 g/mol. The first kappa shape index (κ1) is 14.6. The Morgan fingerprint density at radius 3 is 3.10 bits per heavy atom. The summed E-state index contributed by atoms with van der Waals surface area (Å²) in [4.78, 5) is 7.10. The number of benzene rings is 1. The maximum absolute atomic E-state index is 6.03. The van der Waals surface area contributed by atoms with Crippen molar-refractivity contribution in [1.82, 2.24) is 15.2 Å². The van der Waals surface area contributed by atoms with Crippen molar-refractivity contribution in [3.63, 3.8) is 0 Å². The van der Waals surface area contributed by atoms with Gasteiger partial charge in [-0.15, -0.1) is 0 Å². The van der Waals surface area contributed by atoms with Crippen LogP contribution in [0.2, 0.25) is 5.02 Å². The Hall–Kier alpha value is -1.36. The second kappa shape index (κ2) is 6.18. The molecule has 1 aromatic carbocycles. The van der Waals surface area contributed by atoms with E-state index in [0.717, 1.165) is 43.2 Å². The van der Waals surface area contributed by atoms with Crippen molar-refractivity contribution in [3.8, 4) is 11.5 Å². The molecule has 1 aliphatic heterocycles.